The van der Waals surface area contributed by atoms with E-state index in [2.05, 4.69) is 5.32 Å². The van der Waals surface area contributed by atoms with E-state index in [0.29, 0.717) is 12.2 Å². The van der Waals surface area contributed by atoms with E-state index in [9.17, 15) is 13.2 Å². The number of nitrogens with zero attached hydrogens (tertiary/aromatic N) is 1. The van der Waals surface area contributed by atoms with Crippen LogP contribution in [-0.4, -0.2) is 33.7 Å². The second kappa shape index (κ2) is 5.83. The normalized spacial score (nSPS) is 14.9. The number of aryl methyl sites for hydroxylation is 1. The summed E-state index contributed by atoms with van der Waals surface area (Å²) in [5.41, 5.74) is 1.70. The van der Waals surface area contributed by atoms with Crippen molar-refractivity contribution in [2.45, 2.75) is 19.8 Å². The number of rotatable bonds is 6. The van der Waals surface area contributed by atoms with Gasteiger partial charge in [0.2, 0.25) is 15.9 Å². The van der Waals surface area contributed by atoms with Crippen molar-refractivity contribution in [2.24, 2.45) is 5.92 Å². The van der Waals surface area contributed by atoms with Crippen LogP contribution < -0.4 is 9.62 Å². The van der Waals surface area contributed by atoms with Gasteiger partial charge in [0.1, 0.15) is 0 Å². The van der Waals surface area contributed by atoms with Crippen LogP contribution >= 0.6 is 0 Å². The summed E-state index contributed by atoms with van der Waals surface area (Å²) in [5, 5.41) is 2.78. The van der Waals surface area contributed by atoms with E-state index < -0.39 is 10.0 Å². The summed E-state index contributed by atoms with van der Waals surface area (Å²) in [6.07, 6.45) is 3.06. The molecule has 0 radical (unpaired) electrons. The van der Waals surface area contributed by atoms with E-state index in [-0.39, 0.29) is 18.4 Å². The second-order valence-electron chi connectivity index (χ2n) is 5.24. The molecule has 1 fully saturated rings. The van der Waals surface area contributed by atoms with E-state index in [0.717, 1.165) is 18.4 Å². The van der Waals surface area contributed by atoms with Crippen molar-refractivity contribution in [3.05, 3.63) is 29.8 Å². The van der Waals surface area contributed by atoms with E-state index in [4.69, 9.17) is 0 Å². The fraction of sp³-hybridized carbons (Fsp3) is 0.500. The highest BCUT2D eigenvalue weighted by Gasteiger charge is 2.29. The maximum atomic E-state index is 11.9. The predicted octanol–water partition coefficient (Wildman–Crippen LogP) is 1.29. The molecule has 110 valence electrons. The third-order valence-electron chi connectivity index (χ3n) is 3.28. The number of hydrogen-bond acceptors (Lipinski definition) is 3. The highest BCUT2D eigenvalue weighted by Crippen LogP contribution is 2.28. The first kappa shape index (κ1) is 14.8. The van der Waals surface area contributed by atoms with Crippen molar-refractivity contribution in [2.75, 3.05) is 23.7 Å². The molecular weight excluding hydrogens is 276 g/mol. The van der Waals surface area contributed by atoms with Gasteiger partial charge in [-0.2, -0.15) is 0 Å². The van der Waals surface area contributed by atoms with Gasteiger partial charge in [-0.3, -0.25) is 9.10 Å². The quantitative estimate of drug-likeness (QED) is 0.860. The monoisotopic (exact) mass is 296 g/mol. The van der Waals surface area contributed by atoms with Crippen LogP contribution in [0.4, 0.5) is 5.69 Å². The van der Waals surface area contributed by atoms with Crippen LogP contribution in [0.5, 0.6) is 0 Å². The van der Waals surface area contributed by atoms with Crippen LogP contribution in [0.2, 0.25) is 0 Å². The molecule has 0 saturated heterocycles. The molecule has 0 heterocycles. The topological polar surface area (TPSA) is 66.5 Å². The number of nitrogens with one attached hydrogen (secondary N) is 1. The Hall–Kier alpha value is -1.56. The van der Waals surface area contributed by atoms with Gasteiger partial charge >= 0.3 is 0 Å². The Morgan fingerprint density at radius 3 is 2.40 bits per heavy atom. The van der Waals surface area contributed by atoms with Gasteiger partial charge < -0.3 is 5.32 Å². The van der Waals surface area contributed by atoms with Crippen LogP contribution in [0.3, 0.4) is 0 Å². The summed E-state index contributed by atoms with van der Waals surface area (Å²) >= 11 is 0. The molecule has 0 unspecified atom stereocenters. The number of sulfonamides is 1. The molecule has 1 amide bonds. The largest absolute Gasteiger partial charge is 0.354 e. The molecule has 2 rings (SSSR count). The highest BCUT2D eigenvalue weighted by molar-refractivity contribution is 7.92. The van der Waals surface area contributed by atoms with Crippen molar-refractivity contribution in [1.82, 2.24) is 5.32 Å². The number of amides is 1. The zero-order chi connectivity index (χ0) is 14.8. The van der Waals surface area contributed by atoms with Gasteiger partial charge in [-0.1, -0.05) is 17.7 Å². The van der Waals surface area contributed by atoms with Crippen molar-refractivity contribution in [1.29, 1.82) is 0 Å². The smallest absolute Gasteiger partial charge is 0.232 e. The van der Waals surface area contributed by atoms with Crippen molar-refractivity contribution in [3.8, 4) is 0 Å². The van der Waals surface area contributed by atoms with Gasteiger partial charge in [0.25, 0.3) is 0 Å². The Morgan fingerprint density at radius 1 is 1.30 bits per heavy atom. The zero-order valence-corrected chi connectivity index (χ0v) is 12.6. The van der Waals surface area contributed by atoms with Crippen LogP contribution in [0.25, 0.3) is 0 Å². The van der Waals surface area contributed by atoms with E-state index in [1.807, 2.05) is 19.1 Å². The van der Waals surface area contributed by atoms with Gasteiger partial charge in [-0.15, -0.1) is 0 Å². The molecule has 0 bridgehead atoms. The van der Waals surface area contributed by atoms with Crippen LogP contribution in [0.1, 0.15) is 18.4 Å². The van der Waals surface area contributed by atoms with Gasteiger partial charge in [-0.25, -0.2) is 8.42 Å². The van der Waals surface area contributed by atoms with Crippen molar-refractivity contribution >= 4 is 21.6 Å². The first-order chi connectivity index (χ1) is 9.38. The van der Waals surface area contributed by atoms with E-state index in [1.165, 1.54) is 10.6 Å². The summed E-state index contributed by atoms with van der Waals surface area (Å²) < 4.78 is 25.0. The number of benzene rings is 1. The van der Waals surface area contributed by atoms with E-state index >= 15 is 0 Å². The lowest BCUT2D eigenvalue weighted by molar-refractivity contribution is -0.122. The Kier molecular flexibility index (Phi) is 4.32. The fourth-order valence-electron chi connectivity index (χ4n) is 1.97. The minimum atomic E-state index is -3.35. The third-order valence-corrected chi connectivity index (χ3v) is 4.48. The van der Waals surface area contributed by atoms with Crippen LogP contribution in [0.15, 0.2) is 24.3 Å². The number of anilines is 1. The molecule has 1 saturated carbocycles. The molecule has 1 aromatic rings. The van der Waals surface area contributed by atoms with E-state index in [1.54, 1.807) is 12.1 Å². The van der Waals surface area contributed by atoms with Crippen molar-refractivity contribution in [3.63, 3.8) is 0 Å². The molecule has 1 aliphatic carbocycles. The third kappa shape index (κ3) is 3.96. The highest BCUT2D eigenvalue weighted by atomic mass is 32.2. The molecular formula is C14H20N2O3S. The molecule has 1 aromatic carbocycles. The number of carbonyl (C=O) groups excluding carboxylic acids is 1. The number of carbonyl (C=O) groups is 1. The molecule has 6 heteroatoms. The Morgan fingerprint density at radius 2 is 1.90 bits per heavy atom. The minimum Gasteiger partial charge on any atom is -0.354 e. The van der Waals surface area contributed by atoms with Crippen molar-refractivity contribution < 1.29 is 13.2 Å². The molecule has 20 heavy (non-hydrogen) atoms. The van der Waals surface area contributed by atoms with Crippen LogP contribution in [0, 0.1) is 12.8 Å². The summed E-state index contributed by atoms with van der Waals surface area (Å²) in [7, 11) is -3.35. The van der Waals surface area contributed by atoms with Gasteiger partial charge in [0.05, 0.1) is 18.5 Å². The molecule has 5 nitrogen and oxygen atoms in total. The first-order valence-electron chi connectivity index (χ1n) is 6.70. The Bertz CT molecular complexity index is 577. The fourth-order valence-corrected chi connectivity index (χ4v) is 2.90. The summed E-state index contributed by atoms with van der Waals surface area (Å²) in [6.45, 7) is 2.53. The lowest BCUT2D eigenvalue weighted by atomic mass is 10.2. The minimum absolute atomic E-state index is 0.0300. The zero-order valence-electron chi connectivity index (χ0n) is 11.8. The second-order valence-corrected chi connectivity index (χ2v) is 7.14. The van der Waals surface area contributed by atoms with Crippen LogP contribution in [-0.2, 0) is 14.8 Å². The average Bonchev–Trinajstić information content (AvgIpc) is 3.18. The standard InChI is InChI=1S/C14H20N2O3S/c1-11-3-7-13(8-4-11)16(20(2,18)19)10-9-15-14(17)12-5-6-12/h3-4,7-8,12H,5-6,9-10H2,1-2H3,(H,15,17). The Labute approximate surface area is 120 Å². The number of hydrogen-bond donors (Lipinski definition) is 1. The molecule has 1 N–H and O–H groups in total. The predicted molar refractivity (Wildman–Crippen MR) is 79.1 cm³/mol. The average molecular weight is 296 g/mol. The Balaban J connectivity index is 2.00. The SMILES string of the molecule is Cc1ccc(N(CCNC(=O)C2CC2)S(C)(=O)=O)cc1. The summed E-state index contributed by atoms with van der Waals surface area (Å²) in [4.78, 5) is 11.5. The maximum Gasteiger partial charge on any atom is 0.232 e. The molecule has 1 aliphatic rings. The summed E-state index contributed by atoms with van der Waals surface area (Å²) in [6, 6.07) is 7.30. The molecule has 0 aliphatic heterocycles. The maximum absolute atomic E-state index is 11.9. The molecule has 0 aromatic heterocycles. The van der Waals surface area contributed by atoms with Gasteiger partial charge in [-0.05, 0) is 31.9 Å². The molecule has 0 spiro atoms. The summed E-state index contributed by atoms with van der Waals surface area (Å²) in [5.74, 6) is 0.170. The lowest BCUT2D eigenvalue weighted by Gasteiger charge is -2.22. The lowest BCUT2D eigenvalue weighted by Crippen LogP contribution is -2.38. The first-order valence-corrected chi connectivity index (χ1v) is 8.55. The van der Waals surface area contributed by atoms with Gasteiger partial charge in [0, 0.05) is 12.5 Å². The molecule has 0 atom stereocenters. The van der Waals surface area contributed by atoms with Gasteiger partial charge in [0.15, 0.2) is 0 Å².